The van der Waals surface area contributed by atoms with Gasteiger partial charge in [-0.1, -0.05) is 18.2 Å². The Labute approximate surface area is 189 Å². The Morgan fingerprint density at radius 3 is 2.66 bits per heavy atom. The molecule has 32 heavy (non-hydrogen) atoms. The number of aromatic nitrogens is 2. The van der Waals surface area contributed by atoms with Crippen molar-refractivity contribution in [1.29, 1.82) is 0 Å². The van der Waals surface area contributed by atoms with Crippen LogP contribution in [0.1, 0.15) is 56.4 Å². The molecule has 1 N–H and O–H groups in total. The zero-order valence-corrected chi connectivity index (χ0v) is 18.5. The minimum atomic E-state index is -0.0343. The predicted molar refractivity (Wildman–Crippen MR) is 122 cm³/mol. The molecule has 2 atom stereocenters. The van der Waals surface area contributed by atoms with Crippen molar-refractivity contribution in [3.05, 3.63) is 48.3 Å². The molecule has 7 heteroatoms. The van der Waals surface area contributed by atoms with Crippen LogP contribution in [-0.4, -0.2) is 58.7 Å². The standard InChI is InChI=1S/C25H32N4O3/c30-24-12-16-31-23-7-2-1-5-20(23)18-8-10-19(11-9-18)32-17-22-21(6-3-15-29(22)24)28-25-26-13-4-14-27-25/h1-2,4-5,7,13-14,18-19,21-22H,3,6,8-12,15-17H2,(H,26,27,28)/t18?,19?,21-,22-/m0/s1. The lowest BCUT2D eigenvalue weighted by Gasteiger charge is -2.42. The van der Waals surface area contributed by atoms with E-state index in [1.54, 1.807) is 18.5 Å². The van der Waals surface area contributed by atoms with E-state index >= 15 is 0 Å². The smallest absolute Gasteiger partial charge is 0.226 e. The van der Waals surface area contributed by atoms with E-state index in [0.29, 0.717) is 31.5 Å². The summed E-state index contributed by atoms with van der Waals surface area (Å²) in [7, 11) is 0. The fourth-order valence-corrected chi connectivity index (χ4v) is 5.40. The van der Waals surface area contributed by atoms with Crippen molar-refractivity contribution < 1.29 is 14.3 Å². The van der Waals surface area contributed by atoms with Gasteiger partial charge in [0.25, 0.3) is 0 Å². The van der Waals surface area contributed by atoms with Crippen molar-refractivity contribution >= 4 is 11.9 Å². The molecule has 0 radical (unpaired) electrons. The first-order valence-corrected chi connectivity index (χ1v) is 11.9. The number of para-hydroxylation sites is 1. The molecule has 0 spiro atoms. The van der Waals surface area contributed by atoms with Gasteiger partial charge < -0.3 is 19.7 Å². The molecule has 4 aliphatic rings. The van der Waals surface area contributed by atoms with Crippen molar-refractivity contribution in [2.24, 2.45) is 0 Å². The van der Waals surface area contributed by atoms with Crippen LogP contribution >= 0.6 is 0 Å². The van der Waals surface area contributed by atoms with Gasteiger partial charge >= 0.3 is 0 Å². The molecule has 2 aromatic rings. The lowest BCUT2D eigenvalue weighted by molar-refractivity contribution is -0.138. The first-order chi connectivity index (χ1) is 15.8. The van der Waals surface area contributed by atoms with Crippen molar-refractivity contribution in [3.63, 3.8) is 0 Å². The minimum absolute atomic E-state index is 0.0343. The van der Waals surface area contributed by atoms with Crippen molar-refractivity contribution in [2.75, 3.05) is 25.1 Å². The zero-order chi connectivity index (χ0) is 21.8. The van der Waals surface area contributed by atoms with Crippen LogP contribution < -0.4 is 10.1 Å². The van der Waals surface area contributed by atoms with E-state index in [1.807, 2.05) is 17.0 Å². The topological polar surface area (TPSA) is 76.6 Å². The van der Waals surface area contributed by atoms with Crippen LogP contribution in [0.15, 0.2) is 42.7 Å². The fourth-order valence-electron chi connectivity index (χ4n) is 5.40. The van der Waals surface area contributed by atoms with Crippen LogP contribution in [0.2, 0.25) is 0 Å². The summed E-state index contributed by atoms with van der Waals surface area (Å²) in [5.74, 6) is 2.16. The lowest BCUT2D eigenvalue weighted by Crippen LogP contribution is -2.56. The Kier molecular flexibility index (Phi) is 6.53. The summed E-state index contributed by atoms with van der Waals surface area (Å²) >= 11 is 0. The molecule has 3 aliphatic heterocycles. The largest absolute Gasteiger partial charge is 0.493 e. The van der Waals surface area contributed by atoms with E-state index < -0.39 is 0 Å². The summed E-state index contributed by atoms with van der Waals surface area (Å²) in [4.78, 5) is 23.9. The SMILES string of the molecule is O=C1CCOc2ccccc2C2CCC(CC2)OC[C@H]2[C@@H](Nc3ncccn3)CCCN12. The minimum Gasteiger partial charge on any atom is -0.493 e. The number of nitrogens with one attached hydrogen (secondary N) is 1. The molecule has 2 bridgehead atoms. The Balaban J connectivity index is 1.36. The van der Waals surface area contributed by atoms with Gasteiger partial charge in [0.15, 0.2) is 0 Å². The van der Waals surface area contributed by atoms with E-state index in [4.69, 9.17) is 9.47 Å². The highest BCUT2D eigenvalue weighted by Crippen LogP contribution is 2.38. The van der Waals surface area contributed by atoms with Gasteiger partial charge in [-0.05, 0) is 62.1 Å². The lowest BCUT2D eigenvalue weighted by atomic mass is 9.82. The van der Waals surface area contributed by atoms with Crippen molar-refractivity contribution in [3.8, 4) is 5.75 Å². The van der Waals surface area contributed by atoms with Crippen LogP contribution in [-0.2, 0) is 9.53 Å². The Bertz CT molecular complexity index is 901. The third-order valence-electron chi connectivity index (χ3n) is 7.09. The number of anilines is 1. The number of benzene rings is 1. The maximum absolute atomic E-state index is 13.2. The van der Waals surface area contributed by atoms with E-state index in [2.05, 4.69) is 27.4 Å². The highest BCUT2D eigenvalue weighted by Gasteiger charge is 2.36. The molecule has 7 nitrogen and oxygen atoms in total. The number of hydrogen-bond donors (Lipinski definition) is 1. The second-order valence-electron chi connectivity index (χ2n) is 9.06. The number of rotatable bonds is 2. The molecule has 1 amide bonds. The molecule has 170 valence electrons. The molecule has 4 heterocycles. The van der Waals surface area contributed by atoms with E-state index in [-0.39, 0.29) is 24.1 Å². The molecular weight excluding hydrogens is 404 g/mol. The molecular formula is C25H32N4O3. The number of ether oxygens (including phenoxy) is 2. The number of amides is 1. The van der Waals surface area contributed by atoms with Gasteiger partial charge in [0.2, 0.25) is 11.9 Å². The number of fused-ring (bicyclic) bond motifs is 6. The molecule has 1 aromatic heterocycles. The second kappa shape index (κ2) is 9.86. The van der Waals surface area contributed by atoms with Gasteiger partial charge in [-0.15, -0.1) is 0 Å². The fraction of sp³-hybridized carbons (Fsp3) is 0.560. The molecule has 1 aromatic carbocycles. The van der Waals surface area contributed by atoms with Gasteiger partial charge in [-0.25, -0.2) is 9.97 Å². The highest BCUT2D eigenvalue weighted by molar-refractivity contribution is 5.77. The average molecular weight is 437 g/mol. The van der Waals surface area contributed by atoms with Gasteiger partial charge in [0.1, 0.15) is 5.75 Å². The van der Waals surface area contributed by atoms with Gasteiger partial charge in [0, 0.05) is 18.9 Å². The Morgan fingerprint density at radius 1 is 1.00 bits per heavy atom. The van der Waals surface area contributed by atoms with Gasteiger partial charge in [-0.2, -0.15) is 0 Å². The maximum Gasteiger partial charge on any atom is 0.226 e. The van der Waals surface area contributed by atoms with Crippen LogP contribution in [0.5, 0.6) is 5.75 Å². The van der Waals surface area contributed by atoms with Crippen molar-refractivity contribution in [1.82, 2.24) is 14.9 Å². The van der Waals surface area contributed by atoms with Crippen LogP contribution in [0.3, 0.4) is 0 Å². The summed E-state index contributed by atoms with van der Waals surface area (Å²) < 4.78 is 12.6. The van der Waals surface area contributed by atoms with Gasteiger partial charge in [-0.3, -0.25) is 4.79 Å². The number of piperidine rings is 1. The van der Waals surface area contributed by atoms with E-state index in [9.17, 15) is 4.79 Å². The molecule has 0 unspecified atom stereocenters. The van der Waals surface area contributed by atoms with E-state index in [1.165, 1.54) is 5.56 Å². The summed E-state index contributed by atoms with van der Waals surface area (Å²) in [6.45, 7) is 1.70. The number of carbonyl (C=O) groups is 1. The van der Waals surface area contributed by atoms with E-state index in [0.717, 1.165) is 50.8 Å². The zero-order valence-electron chi connectivity index (χ0n) is 18.5. The predicted octanol–water partition coefficient (Wildman–Crippen LogP) is 3.77. The third-order valence-corrected chi connectivity index (χ3v) is 7.09. The summed E-state index contributed by atoms with van der Waals surface area (Å²) in [5.41, 5.74) is 1.28. The third kappa shape index (κ3) is 4.72. The molecule has 1 saturated heterocycles. The quantitative estimate of drug-likeness (QED) is 0.772. The average Bonchev–Trinajstić information content (AvgIpc) is 2.84. The second-order valence-corrected chi connectivity index (χ2v) is 9.06. The number of hydrogen-bond acceptors (Lipinski definition) is 6. The maximum atomic E-state index is 13.2. The Hall–Kier alpha value is -2.67. The first kappa shape index (κ1) is 21.2. The van der Waals surface area contributed by atoms with Crippen molar-refractivity contribution in [2.45, 2.75) is 69.1 Å². The summed E-state index contributed by atoms with van der Waals surface area (Å²) in [6, 6.07) is 10.2. The Morgan fingerprint density at radius 2 is 1.81 bits per heavy atom. The van der Waals surface area contributed by atoms with Crippen LogP contribution in [0, 0.1) is 0 Å². The molecule has 6 rings (SSSR count). The number of nitrogens with zero attached hydrogens (tertiary/aromatic N) is 3. The number of carbonyl (C=O) groups excluding carboxylic acids is 1. The molecule has 1 saturated carbocycles. The molecule has 1 aliphatic carbocycles. The summed E-state index contributed by atoms with van der Waals surface area (Å²) in [6.07, 6.45) is 10.3. The van der Waals surface area contributed by atoms with Crippen LogP contribution in [0.25, 0.3) is 0 Å². The monoisotopic (exact) mass is 436 g/mol. The first-order valence-electron chi connectivity index (χ1n) is 11.9. The van der Waals surface area contributed by atoms with Crippen LogP contribution in [0.4, 0.5) is 5.95 Å². The summed E-state index contributed by atoms with van der Waals surface area (Å²) in [5, 5.41) is 3.46. The highest BCUT2D eigenvalue weighted by atomic mass is 16.5. The van der Waals surface area contributed by atoms with Gasteiger partial charge in [0.05, 0.1) is 37.8 Å². The molecule has 2 fully saturated rings. The normalized spacial score (nSPS) is 28.8.